The second kappa shape index (κ2) is 6.57. The fourth-order valence-electron chi connectivity index (χ4n) is 2.19. The van der Waals surface area contributed by atoms with E-state index < -0.39 is 0 Å². The predicted octanol–water partition coefficient (Wildman–Crippen LogP) is 3.95. The maximum Gasteiger partial charge on any atom is 0.184 e. The van der Waals surface area contributed by atoms with E-state index in [9.17, 15) is 0 Å². The molecule has 1 saturated heterocycles. The zero-order valence-electron chi connectivity index (χ0n) is 11.8. The molecule has 108 valence electrons. The average Bonchev–Trinajstić information content (AvgIpc) is 3.08. The van der Waals surface area contributed by atoms with E-state index in [0.717, 1.165) is 22.4 Å². The molecule has 0 saturated carbocycles. The molecule has 1 aliphatic rings. The van der Waals surface area contributed by atoms with Crippen molar-refractivity contribution in [1.29, 1.82) is 0 Å². The minimum Gasteiger partial charge on any atom is -0.489 e. The van der Waals surface area contributed by atoms with Gasteiger partial charge in [-0.3, -0.25) is 0 Å². The zero-order valence-corrected chi connectivity index (χ0v) is 11.8. The molecule has 1 heterocycles. The number of hydrogen-bond donors (Lipinski definition) is 0. The second-order valence-electron chi connectivity index (χ2n) is 4.88. The van der Waals surface area contributed by atoms with Crippen molar-refractivity contribution in [2.75, 3.05) is 13.2 Å². The number of rotatable bonds is 5. The number of ether oxygens (including phenoxy) is 3. The van der Waals surface area contributed by atoms with E-state index in [4.69, 9.17) is 14.2 Å². The minimum atomic E-state index is -0.231. The first-order chi connectivity index (χ1) is 10.3. The molecule has 1 aliphatic heterocycles. The van der Waals surface area contributed by atoms with Crippen LogP contribution in [0.2, 0.25) is 0 Å². The van der Waals surface area contributed by atoms with Gasteiger partial charge in [0.2, 0.25) is 0 Å². The van der Waals surface area contributed by atoms with Crippen LogP contribution in [0.25, 0.3) is 6.08 Å². The summed E-state index contributed by atoms with van der Waals surface area (Å²) < 4.78 is 16.7. The molecule has 2 aromatic carbocycles. The standard InChI is InChI=1S/C18H18O3/c1-2-14-3-5-15(6-4-14)13-21-17-9-7-16(8-10-17)18-19-11-12-20-18/h2-10,18H,1,11-13H2. The highest BCUT2D eigenvalue weighted by molar-refractivity contribution is 5.47. The second-order valence-corrected chi connectivity index (χ2v) is 4.88. The third kappa shape index (κ3) is 3.51. The molecule has 0 amide bonds. The third-order valence-electron chi connectivity index (χ3n) is 3.39. The topological polar surface area (TPSA) is 27.7 Å². The lowest BCUT2D eigenvalue weighted by molar-refractivity contribution is -0.0441. The Morgan fingerprint density at radius 1 is 1.00 bits per heavy atom. The van der Waals surface area contributed by atoms with Crippen molar-refractivity contribution in [1.82, 2.24) is 0 Å². The van der Waals surface area contributed by atoms with E-state index in [2.05, 4.69) is 6.58 Å². The largest absolute Gasteiger partial charge is 0.489 e. The zero-order chi connectivity index (χ0) is 14.5. The summed E-state index contributed by atoms with van der Waals surface area (Å²) in [6.07, 6.45) is 1.60. The van der Waals surface area contributed by atoms with Crippen molar-refractivity contribution < 1.29 is 14.2 Å². The SMILES string of the molecule is C=Cc1ccc(COc2ccc(C3OCCO3)cc2)cc1. The lowest BCUT2D eigenvalue weighted by Gasteiger charge is -2.11. The van der Waals surface area contributed by atoms with Gasteiger partial charge in [0.05, 0.1) is 13.2 Å². The molecule has 3 nitrogen and oxygen atoms in total. The average molecular weight is 282 g/mol. The Bertz CT molecular complexity index is 581. The van der Waals surface area contributed by atoms with E-state index in [-0.39, 0.29) is 6.29 Å². The van der Waals surface area contributed by atoms with Gasteiger partial charge >= 0.3 is 0 Å². The molecule has 0 spiro atoms. The molecule has 21 heavy (non-hydrogen) atoms. The quantitative estimate of drug-likeness (QED) is 0.831. The maximum atomic E-state index is 5.78. The van der Waals surface area contributed by atoms with Crippen LogP contribution in [0, 0.1) is 0 Å². The van der Waals surface area contributed by atoms with Gasteiger partial charge < -0.3 is 14.2 Å². The van der Waals surface area contributed by atoms with Crippen LogP contribution in [-0.2, 0) is 16.1 Å². The third-order valence-corrected chi connectivity index (χ3v) is 3.39. The van der Waals surface area contributed by atoms with Crippen LogP contribution in [0.15, 0.2) is 55.1 Å². The monoisotopic (exact) mass is 282 g/mol. The summed E-state index contributed by atoms with van der Waals surface area (Å²) in [5.74, 6) is 0.838. The van der Waals surface area contributed by atoms with Crippen LogP contribution in [0.4, 0.5) is 0 Å². The Morgan fingerprint density at radius 2 is 1.67 bits per heavy atom. The van der Waals surface area contributed by atoms with Gasteiger partial charge in [0.1, 0.15) is 12.4 Å². The Morgan fingerprint density at radius 3 is 2.29 bits per heavy atom. The Hall–Kier alpha value is -2.10. The Balaban J connectivity index is 1.58. The molecule has 3 rings (SSSR count). The lowest BCUT2D eigenvalue weighted by atomic mass is 10.1. The highest BCUT2D eigenvalue weighted by atomic mass is 16.7. The van der Waals surface area contributed by atoms with Crippen molar-refractivity contribution >= 4 is 6.08 Å². The first kappa shape index (κ1) is 13.9. The van der Waals surface area contributed by atoms with E-state index in [0.29, 0.717) is 19.8 Å². The normalized spacial score (nSPS) is 15.0. The summed E-state index contributed by atoms with van der Waals surface area (Å²) in [4.78, 5) is 0. The Kier molecular flexibility index (Phi) is 4.34. The van der Waals surface area contributed by atoms with Gasteiger partial charge in [0.15, 0.2) is 6.29 Å². The minimum absolute atomic E-state index is 0.231. The van der Waals surface area contributed by atoms with Crippen LogP contribution in [0.3, 0.4) is 0 Å². The summed E-state index contributed by atoms with van der Waals surface area (Å²) >= 11 is 0. The predicted molar refractivity (Wildman–Crippen MR) is 82.0 cm³/mol. The van der Waals surface area contributed by atoms with Gasteiger partial charge in [-0.15, -0.1) is 0 Å². The Labute approximate surface area is 124 Å². The van der Waals surface area contributed by atoms with Crippen molar-refractivity contribution in [3.05, 3.63) is 71.8 Å². The van der Waals surface area contributed by atoms with Crippen molar-refractivity contribution in [3.8, 4) is 5.75 Å². The summed E-state index contributed by atoms with van der Waals surface area (Å²) in [6, 6.07) is 16.0. The van der Waals surface area contributed by atoms with Crippen molar-refractivity contribution in [3.63, 3.8) is 0 Å². The number of hydrogen-bond acceptors (Lipinski definition) is 3. The van der Waals surface area contributed by atoms with Gasteiger partial charge in [-0.05, 0) is 23.3 Å². The molecule has 1 fully saturated rings. The summed E-state index contributed by atoms with van der Waals surface area (Å²) in [5.41, 5.74) is 3.27. The van der Waals surface area contributed by atoms with Crippen molar-refractivity contribution in [2.45, 2.75) is 12.9 Å². The van der Waals surface area contributed by atoms with E-state index in [1.807, 2.05) is 54.6 Å². The van der Waals surface area contributed by atoms with Crippen LogP contribution in [0.1, 0.15) is 23.0 Å². The molecule has 0 N–H and O–H groups in total. The van der Waals surface area contributed by atoms with Crippen LogP contribution >= 0.6 is 0 Å². The molecule has 0 bridgehead atoms. The van der Waals surface area contributed by atoms with E-state index in [1.54, 1.807) is 0 Å². The molecule has 0 atom stereocenters. The first-order valence-corrected chi connectivity index (χ1v) is 7.02. The van der Waals surface area contributed by atoms with Crippen LogP contribution in [-0.4, -0.2) is 13.2 Å². The van der Waals surface area contributed by atoms with Gasteiger partial charge in [-0.1, -0.05) is 49.1 Å². The maximum absolute atomic E-state index is 5.78. The van der Waals surface area contributed by atoms with Gasteiger partial charge in [0.25, 0.3) is 0 Å². The lowest BCUT2D eigenvalue weighted by Crippen LogP contribution is -1.99. The van der Waals surface area contributed by atoms with Gasteiger partial charge in [0, 0.05) is 5.56 Å². The molecular formula is C18H18O3. The van der Waals surface area contributed by atoms with Crippen molar-refractivity contribution in [2.24, 2.45) is 0 Å². The highest BCUT2D eigenvalue weighted by Crippen LogP contribution is 2.25. The van der Waals surface area contributed by atoms with Gasteiger partial charge in [-0.2, -0.15) is 0 Å². The summed E-state index contributed by atoms with van der Waals surface area (Å²) in [6.45, 7) is 5.60. The number of benzene rings is 2. The van der Waals surface area contributed by atoms with Crippen LogP contribution in [0.5, 0.6) is 5.75 Å². The fraction of sp³-hybridized carbons (Fsp3) is 0.222. The molecule has 0 aliphatic carbocycles. The van der Waals surface area contributed by atoms with Crippen LogP contribution < -0.4 is 4.74 Å². The van der Waals surface area contributed by atoms with Gasteiger partial charge in [-0.25, -0.2) is 0 Å². The molecule has 0 unspecified atom stereocenters. The smallest absolute Gasteiger partial charge is 0.184 e. The molecular weight excluding hydrogens is 264 g/mol. The van der Waals surface area contributed by atoms with E-state index in [1.165, 1.54) is 0 Å². The first-order valence-electron chi connectivity index (χ1n) is 7.02. The molecule has 3 heteroatoms. The molecule has 0 aromatic heterocycles. The summed E-state index contributed by atoms with van der Waals surface area (Å²) in [7, 11) is 0. The fourth-order valence-corrected chi connectivity index (χ4v) is 2.19. The summed E-state index contributed by atoms with van der Waals surface area (Å²) in [5, 5.41) is 0. The van der Waals surface area contributed by atoms with E-state index >= 15 is 0 Å². The molecule has 0 radical (unpaired) electrons. The molecule has 2 aromatic rings. The highest BCUT2D eigenvalue weighted by Gasteiger charge is 2.17.